The van der Waals surface area contributed by atoms with E-state index in [2.05, 4.69) is 4.98 Å². The van der Waals surface area contributed by atoms with Gasteiger partial charge in [-0.15, -0.1) is 0 Å². The Morgan fingerprint density at radius 2 is 1.93 bits per heavy atom. The van der Waals surface area contributed by atoms with Gasteiger partial charge in [-0.3, -0.25) is 27.7 Å². The van der Waals surface area contributed by atoms with Gasteiger partial charge in [0.15, 0.2) is 11.2 Å². The average Bonchev–Trinajstić information content (AvgIpc) is 3.19. The minimum absolute atomic E-state index is 0.249. The molecule has 0 atom stereocenters. The molecule has 0 saturated heterocycles. The lowest BCUT2D eigenvalue weighted by Crippen LogP contribution is -2.40. The molecule has 0 bridgehead atoms. The average molecular weight is 395 g/mol. The van der Waals surface area contributed by atoms with E-state index in [-0.39, 0.29) is 23.5 Å². The number of aromatic nitrogens is 5. The summed E-state index contributed by atoms with van der Waals surface area (Å²) in [4.78, 5) is 41.8. The van der Waals surface area contributed by atoms with Gasteiger partial charge in [0, 0.05) is 18.9 Å². The van der Waals surface area contributed by atoms with E-state index >= 15 is 0 Å². The van der Waals surface area contributed by atoms with Gasteiger partial charge in [0.2, 0.25) is 5.78 Å². The molecular weight excluding hydrogens is 374 g/mol. The Bertz CT molecular complexity index is 1390. The summed E-state index contributed by atoms with van der Waals surface area (Å²) < 4.78 is 11.5. The van der Waals surface area contributed by atoms with Gasteiger partial charge >= 0.3 is 5.69 Å². The maximum absolute atomic E-state index is 13.0. The van der Waals surface area contributed by atoms with Gasteiger partial charge in [0.05, 0.1) is 18.8 Å². The van der Waals surface area contributed by atoms with E-state index in [4.69, 9.17) is 4.74 Å². The Morgan fingerprint density at radius 1 is 1.21 bits per heavy atom. The number of imidazole rings is 2. The maximum atomic E-state index is 13.0. The minimum Gasteiger partial charge on any atom is -0.492 e. The van der Waals surface area contributed by atoms with E-state index in [1.165, 1.54) is 11.5 Å². The molecule has 9 heteroatoms. The second-order valence-corrected chi connectivity index (χ2v) is 6.90. The number of fused-ring (bicyclic) bond motifs is 3. The zero-order valence-corrected chi connectivity index (χ0v) is 16.7. The van der Waals surface area contributed by atoms with E-state index in [0.29, 0.717) is 18.1 Å². The molecule has 0 amide bonds. The second kappa shape index (κ2) is 6.77. The first kappa shape index (κ1) is 18.7. The molecule has 29 heavy (non-hydrogen) atoms. The lowest BCUT2D eigenvalue weighted by molar-refractivity contribution is -0.117. The third-order valence-electron chi connectivity index (χ3n) is 4.81. The Morgan fingerprint density at radius 3 is 2.62 bits per heavy atom. The molecule has 3 heterocycles. The van der Waals surface area contributed by atoms with Gasteiger partial charge in [0.1, 0.15) is 11.5 Å². The van der Waals surface area contributed by atoms with E-state index < -0.39 is 11.2 Å². The number of hydrogen-bond donors (Lipinski definition) is 0. The van der Waals surface area contributed by atoms with Crippen molar-refractivity contribution in [2.45, 2.75) is 27.3 Å². The number of benzene rings is 1. The summed E-state index contributed by atoms with van der Waals surface area (Å²) in [6.45, 7) is 5.38. The summed E-state index contributed by atoms with van der Waals surface area (Å²) in [7, 11) is 1.54. The summed E-state index contributed by atoms with van der Waals surface area (Å²) in [5, 5.41) is 0. The fourth-order valence-corrected chi connectivity index (χ4v) is 3.59. The summed E-state index contributed by atoms with van der Waals surface area (Å²) in [6.07, 6.45) is 1.79. The number of carbonyl (C=O) groups excluding carboxylic acids is 1. The van der Waals surface area contributed by atoms with Crippen LogP contribution in [0.3, 0.4) is 0 Å². The van der Waals surface area contributed by atoms with Gasteiger partial charge < -0.3 is 4.74 Å². The highest BCUT2D eigenvalue weighted by atomic mass is 16.5. The van der Waals surface area contributed by atoms with Crippen LogP contribution < -0.4 is 16.0 Å². The zero-order valence-electron chi connectivity index (χ0n) is 16.7. The topological polar surface area (TPSA) is 92.5 Å². The van der Waals surface area contributed by atoms with Crippen LogP contribution in [-0.4, -0.2) is 35.5 Å². The molecule has 0 fully saturated rings. The predicted molar refractivity (Wildman–Crippen MR) is 108 cm³/mol. The number of para-hydroxylation sites is 2. The monoisotopic (exact) mass is 395 g/mol. The Labute approximate surface area is 165 Å². The van der Waals surface area contributed by atoms with Crippen LogP contribution in [-0.2, 0) is 18.4 Å². The molecule has 0 saturated carbocycles. The SMILES string of the molecule is CCOc1ccccc1-n1c(C)cn2c3c(=O)n(CC(C)=O)c(=O)n(C)c3nc12. The van der Waals surface area contributed by atoms with Crippen molar-refractivity contribution in [3.63, 3.8) is 0 Å². The molecular formula is C20H21N5O4. The van der Waals surface area contributed by atoms with Crippen molar-refractivity contribution in [3.8, 4) is 11.4 Å². The minimum atomic E-state index is -0.573. The van der Waals surface area contributed by atoms with Crippen LogP contribution in [0.5, 0.6) is 5.75 Å². The molecule has 0 aliphatic heterocycles. The number of hydrogen-bond acceptors (Lipinski definition) is 5. The zero-order chi connectivity index (χ0) is 20.9. The van der Waals surface area contributed by atoms with E-state index in [0.717, 1.165) is 15.9 Å². The predicted octanol–water partition coefficient (Wildman–Crippen LogP) is 1.43. The fourth-order valence-electron chi connectivity index (χ4n) is 3.59. The molecule has 1 aromatic carbocycles. The molecule has 150 valence electrons. The van der Waals surface area contributed by atoms with Crippen molar-refractivity contribution in [3.05, 3.63) is 57.0 Å². The first-order chi connectivity index (χ1) is 13.8. The third kappa shape index (κ3) is 2.77. The smallest absolute Gasteiger partial charge is 0.332 e. The van der Waals surface area contributed by atoms with Crippen molar-refractivity contribution in [1.82, 2.24) is 23.1 Å². The summed E-state index contributed by atoms with van der Waals surface area (Å²) in [6, 6.07) is 7.56. The second-order valence-electron chi connectivity index (χ2n) is 6.90. The van der Waals surface area contributed by atoms with Crippen LogP contribution in [0.25, 0.3) is 22.6 Å². The van der Waals surface area contributed by atoms with Crippen molar-refractivity contribution in [2.24, 2.45) is 7.05 Å². The van der Waals surface area contributed by atoms with Gasteiger partial charge in [-0.05, 0) is 32.9 Å². The van der Waals surface area contributed by atoms with Gasteiger partial charge in [-0.25, -0.2) is 4.79 Å². The highest BCUT2D eigenvalue weighted by Gasteiger charge is 2.22. The van der Waals surface area contributed by atoms with Crippen LogP contribution in [0.1, 0.15) is 19.5 Å². The number of nitrogens with zero attached hydrogens (tertiary/aromatic N) is 5. The molecule has 0 spiro atoms. The largest absolute Gasteiger partial charge is 0.492 e. The Balaban J connectivity index is 2.11. The summed E-state index contributed by atoms with van der Waals surface area (Å²) in [5.41, 5.74) is 1.02. The standard InChI is InChI=1S/C20H21N5O4/c1-5-29-15-9-7-6-8-14(15)25-12(2)10-23-16-17(21-19(23)25)22(4)20(28)24(18(16)27)11-13(3)26/h6-10H,5,11H2,1-4H3. The van der Waals surface area contributed by atoms with Crippen LogP contribution >= 0.6 is 0 Å². The van der Waals surface area contributed by atoms with Crippen molar-refractivity contribution < 1.29 is 9.53 Å². The van der Waals surface area contributed by atoms with Gasteiger partial charge in [-0.1, -0.05) is 12.1 Å². The molecule has 0 N–H and O–H groups in total. The normalized spacial score (nSPS) is 11.4. The van der Waals surface area contributed by atoms with Crippen molar-refractivity contribution in [1.29, 1.82) is 0 Å². The summed E-state index contributed by atoms with van der Waals surface area (Å²) >= 11 is 0. The molecule has 9 nitrogen and oxygen atoms in total. The maximum Gasteiger partial charge on any atom is 0.332 e. The van der Waals surface area contributed by atoms with Crippen LogP contribution in [0, 0.1) is 6.92 Å². The number of rotatable bonds is 5. The van der Waals surface area contributed by atoms with Gasteiger partial charge in [0.25, 0.3) is 5.56 Å². The number of carbonyl (C=O) groups is 1. The molecule has 0 radical (unpaired) electrons. The third-order valence-corrected chi connectivity index (χ3v) is 4.81. The Kier molecular flexibility index (Phi) is 4.37. The molecule has 0 unspecified atom stereocenters. The number of ether oxygens (including phenoxy) is 1. The summed E-state index contributed by atoms with van der Waals surface area (Å²) in [5.74, 6) is 0.896. The first-order valence-electron chi connectivity index (χ1n) is 9.26. The number of aryl methyl sites for hydroxylation is 2. The van der Waals surface area contributed by atoms with Crippen molar-refractivity contribution in [2.75, 3.05) is 6.61 Å². The lowest BCUT2D eigenvalue weighted by atomic mass is 10.3. The molecule has 4 rings (SSSR count). The van der Waals surface area contributed by atoms with Crippen LogP contribution in [0.15, 0.2) is 40.1 Å². The lowest BCUT2D eigenvalue weighted by Gasteiger charge is -2.12. The van der Waals surface area contributed by atoms with Crippen molar-refractivity contribution >= 4 is 22.7 Å². The number of Topliss-reactive ketones (excluding diaryl/α,β-unsaturated/α-hetero) is 1. The van der Waals surface area contributed by atoms with E-state index in [9.17, 15) is 14.4 Å². The highest BCUT2D eigenvalue weighted by Crippen LogP contribution is 2.27. The van der Waals surface area contributed by atoms with E-state index in [1.807, 2.05) is 42.7 Å². The molecule has 0 aliphatic carbocycles. The van der Waals surface area contributed by atoms with Gasteiger partial charge in [-0.2, -0.15) is 4.98 Å². The fraction of sp³-hybridized carbons (Fsp3) is 0.300. The van der Waals surface area contributed by atoms with Crippen LogP contribution in [0.2, 0.25) is 0 Å². The highest BCUT2D eigenvalue weighted by molar-refractivity contribution is 5.78. The quantitative estimate of drug-likeness (QED) is 0.510. The first-order valence-corrected chi connectivity index (χ1v) is 9.26. The molecule has 3 aromatic heterocycles. The Hall–Kier alpha value is -3.62. The molecule has 0 aliphatic rings. The molecule has 4 aromatic rings. The number of ketones is 1. The van der Waals surface area contributed by atoms with E-state index in [1.54, 1.807) is 17.6 Å². The van der Waals surface area contributed by atoms with Crippen LogP contribution in [0.4, 0.5) is 0 Å².